The predicted molar refractivity (Wildman–Crippen MR) is 86.0 cm³/mol. The summed E-state index contributed by atoms with van der Waals surface area (Å²) in [5.74, 6) is 2.38. The summed E-state index contributed by atoms with van der Waals surface area (Å²) >= 11 is 0. The van der Waals surface area contributed by atoms with Gasteiger partial charge in [0.2, 0.25) is 11.7 Å². The Bertz CT molecular complexity index is 634. The van der Waals surface area contributed by atoms with Crippen LogP contribution in [0.2, 0.25) is 0 Å². The van der Waals surface area contributed by atoms with Crippen LogP contribution < -0.4 is 4.74 Å². The van der Waals surface area contributed by atoms with E-state index in [0.717, 1.165) is 37.2 Å². The standard InChI is InChI=1S/C17H23N3O3/c1-12(21)13-6-8-20(9-7-13)11-16-18-17(19-23-16)14-4-3-5-15(10-14)22-2/h3-5,10,12-13,21H,6-9,11H2,1-2H3. The molecule has 1 aromatic carbocycles. The second-order valence-electron chi connectivity index (χ2n) is 6.10. The molecule has 0 spiro atoms. The lowest BCUT2D eigenvalue weighted by Crippen LogP contribution is -2.36. The molecule has 1 aromatic heterocycles. The van der Waals surface area contributed by atoms with Gasteiger partial charge in [0, 0.05) is 5.56 Å². The number of hydrogen-bond acceptors (Lipinski definition) is 6. The minimum atomic E-state index is -0.222. The summed E-state index contributed by atoms with van der Waals surface area (Å²) in [7, 11) is 1.64. The van der Waals surface area contributed by atoms with Crippen molar-refractivity contribution in [3.63, 3.8) is 0 Å². The number of piperidine rings is 1. The normalized spacial score (nSPS) is 18.0. The predicted octanol–water partition coefficient (Wildman–Crippen LogP) is 2.34. The zero-order chi connectivity index (χ0) is 16.2. The molecule has 0 radical (unpaired) electrons. The van der Waals surface area contributed by atoms with E-state index in [2.05, 4.69) is 15.0 Å². The smallest absolute Gasteiger partial charge is 0.241 e. The first-order valence-corrected chi connectivity index (χ1v) is 8.03. The SMILES string of the molecule is COc1cccc(-c2noc(CN3CCC(C(C)O)CC3)n2)c1. The van der Waals surface area contributed by atoms with E-state index in [1.54, 1.807) is 7.11 Å². The Kier molecular flexibility index (Phi) is 4.93. The summed E-state index contributed by atoms with van der Waals surface area (Å²) in [4.78, 5) is 6.77. The number of ether oxygens (including phenoxy) is 1. The molecule has 1 N–H and O–H groups in total. The first-order valence-electron chi connectivity index (χ1n) is 8.03. The van der Waals surface area contributed by atoms with E-state index >= 15 is 0 Å². The van der Waals surface area contributed by atoms with Crippen LogP contribution >= 0.6 is 0 Å². The van der Waals surface area contributed by atoms with Crippen LogP contribution in [0.5, 0.6) is 5.75 Å². The van der Waals surface area contributed by atoms with E-state index < -0.39 is 0 Å². The number of rotatable bonds is 5. The molecular formula is C17H23N3O3. The fourth-order valence-corrected chi connectivity index (χ4v) is 2.98. The van der Waals surface area contributed by atoms with Crippen molar-refractivity contribution >= 4 is 0 Å². The fourth-order valence-electron chi connectivity index (χ4n) is 2.98. The molecule has 1 unspecified atom stereocenters. The highest BCUT2D eigenvalue weighted by molar-refractivity contribution is 5.56. The maximum Gasteiger partial charge on any atom is 0.241 e. The lowest BCUT2D eigenvalue weighted by atomic mass is 9.92. The van der Waals surface area contributed by atoms with Crippen molar-refractivity contribution in [3.8, 4) is 17.1 Å². The largest absolute Gasteiger partial charge is 0.497 e. The molecule has 1 atom stereocenters. The molecule has 0 amide bonds. The number of aliphatic hydroxyl groups is 1. The number of hydrogen-bond donors (Lipinski definition) is 1. The molecule has 0 bridgehead atoms. The van der Waals surface area contributed by atoms with Gasteiger partial charge in [0.05, 0.1) is 19.8 Å². The molecule has 1 fully saturated rings. The Morgan fingerprint density at radius 3 is 2.87 bits per heavy atom. The summed E-state index contributed by atoms with van der Waals surface area (Å²) in [6, 6.07) is 7.62. The highest BCUT2D eigenvalue weighted by Gasteiger charge is 2.23. The Hall–Kier alpha value is -1.92. The maximum absolute atomic E-state index is 9.66. The molecule has 1 aliphatic heterocycles. The zero-order valence-corrected chi connectivity index (χ0v) is 13.6. The third-order valence-electron chi connectivity index (χ3n) is 4.47. The fraction of sp³-hybridized carbons (Fsp3) is 0.529. The van der Waals surface area contributed by atoms with Crippen LogP contribution in [0.1, 0.15) is 25.7 Å². The second-order valence-corrected chi connectivity index (χ2v) is 6.10. The molecular weight excluding hydrogens is 294 g/mol. The van der Waals surface area contributed by atoms with Gasteiger partial charge in [-0.2, -0.15) is 4.98 Å². The molecule has 23 heavy (non-hydrogen) atoms. The number of nitrogens with zero attached hydrogens (tertiary/aromatic N) is 3. The van der Waals surface area contributed by atoms with Crippen LogP contribution in [0.15, 0.2) is 28.8 Å². The van der Waals surface area contributed by atoms with Gasteiger partial charge < -0.3 is 14.4 Å². The van der Waals surface area contributed by atoms with Crippen LogP contribution in [-0.2, 0) is 6.54 Å². The van der Waals surface area contributed by atoms with Gasteiger partial charge >= 0.3 is 0 Å². The molecule has 6 nitrogen and oxygen atoms in total. The van der Waals surface area contributed by atoms with Gasteiger partial charge in [-0.3, -0.25) is 4.90 Å². The van der Waals surface area contributed by atoms with Crippen molar-refractivity contribution in [1.82, 2.24) is 15.0 Å². The van der Waals surface area contributed by atoms with Gasteiger partial charge in [0.15, 0.2) is 0 Å². The minimum absolute atomic E-state index is 0.222. The van der Waals surface area contributed by atoms with Crippen molar-refractivity contribution in [3.05, 3.63) is 30.2 Å². The summed E-state index contributed by atoms with van der Waals surface area (Å²) in [6.45, 7) is 4.43. The molecule has 1 saturated heterocycles. The van der Waals surface area contributed by atoms with Crippen LogP contribution in [0.4, 0.5) is 0 Å². The number of aliphatic hydroxyl groups excluding tert-OH is 1. The number of benzene rings is 1. The molecule has 124 valence electrons. The highest BCUT2D eigenvalue weighted by Crippen LogP contribution is 2.23. The van der Waals surface area contributed by atoms with Crippen molar-refractivity contribution in [2.24, 2.45) is 5.92 Å². The average Bonchev–Trinajstić information content (AvgIpc) is 3.04. The molecule has 6 heteroatoms. The first kappa shape index (κ1) is 16.0. The Morgan fingerprint density at radius 1 is 1.39 bits per heavy atom. The van der Waals surface area contributed by atoms with Crippen molar-refractivity contribution in [2.75, 3.05) is 20.2 Å². The van der Waals surface area contributed by atoms with Gasteiger partial charge in [-0.1, -0.05) is 17.3 Å². The lowest BCUT2D eigenvalue weighted by Gasteiger charge is -2.32. The topological polar surface area (TPSA) is 71.6 Å². The highest BCUT2D eigenvalue weighted by atomic mass is 16.5. The number of likely N-dealkylation sites (tertiary alicyclic amines) is 1. The molecule has 2 heterocycles. The van der Waals surface area contributed by atoms with Gasteiger partial charge in [0.25, 0.3) is 0 Å². The average molecular weight is 317 g/mol. The summed E-state index contributed by atoms with van der Waals surface area (Å²) in [6.07, 6.45) is 1.79. The van der Waals surface area contributed by atoms with Crippen LogP contribution in [-0.4, -0.2) is 46.5 Å². The molecule has 0 saturated carbocycles. The molecule has 3 rings (SSSR count). The summed E-state index contributed by atoms with van der Waals surface area (Å²) in [5.41, 5.74) is 0.882. The Balaban J connectivity index is 1.61. The third-order valence-corrected chi connectivity index (χ3v) is 4.47. The Morgan fingerprint density at radius 2 is 2.17 bits per heavy atom. The first-order chi connectivity index (χ1) is 11.2. The Labute approximate surface area is 136 Å². The molecule has 2 aromatic rings. The zero-order valence-electron chi connectivity index (χ0n) is 13.6. The van der Waals surface area contributed by atoms with E-state index in [-0.39, 0.29) is 6.10 Å². The number of aromatic nitrogens is 2. The van der Waals surface area contributed by atoms with Crippen LogP contribution in [0, 0.1) is 5.92 Å². The van der Waals surface area contributed by atoms with Gasteiger partial charge in [-0.05, 0) is 50.9 Å². The van der Waals surface area contributed by atoms with Crippen molar-refractivity contribution in [1.29, 1.82) is 0 Å². The van der Waals surface area contributed by atoms with E-state index in [9.17, 15) is 5.11 Å². The third kappa shape index (κ3) is 3.89. The van der Waals surface area contributed by atoms with Crippen LogP contribution in [0.25, 0.3) is 11.4 Å². The monoisotopic (exact) mass is 317 g/mol. The van der Waals surface area contributed by atoms with Gasteiger partial charge in [-0.15, -0.1) is 0 Å². The summed E-state index contributed by atoms with van der Waals surface area (Å²) < 4.78 is 10.6. The van der Waals surface area contributed by atoms with Gasteiger partial charge in [-0.25, -0.2) is 0 Å². The number of methoxy groups -OCH3 is 1. The van der Waals surface area contributed by atoms with E-state index in [1.165, 1.54) is 0 Å². The maximum atomic E-state index is 9.66. The minimum Gasteiger partial charge on any atom is -0.497 e. The second kappa shape index (κ2) is 7.10. The van der Waals surface area contributed by atoms with Gasteiger partial charge in [0.1, 0.15) is 5.75 Å². The molecule has 0 aliphatic carbocycles. The van der Waals surface area contributed by atoms with Crippen molar-refractivity contribution in [2.45, 2.75) is 32.4 Å². The van der Waals surface area contributed by atoms with Crippen LogP contribution in [0.3, 0.4) is 0 Å². The summed E-state index contributed by atoms with van der Waals surface area (Å²) in [5, 5.41) is 13.7. The van der Waals surface area contributed by atoms with Crippen molar-refractivity contribution < 1.29 is 14.4 Å². The molecule has 1 aliphatic rings. The van der Waals surface area contributed by atoms with E-state index in [0.29, 0.717) is 24.2 Å². The van der Waals surface area contributed by atoms with E-state index in [1.807, 2.05) is 31.2 Å². The lowest BCUT2D eigenvalue weighted by molar-refractivity contribution is 0.0660. The van der Waals surface area contributed by atoms with E-state index in [4.69, 9.17) is 9.26 Å². The quantitative estimate of drug-likeness (QED) is 0.912.